The maximum atomic E-state index is 5.76. The molecule has 0 radical (unpaired) electrons. The second-order valence-electron chi connectivity index (χ2n) is 12.1. The lowest BCUT2D eigenvalue weighted by Crippen LogP contribution is -2.09. The Bertz CT molecular complexity index is 2700. The number of hydrogen-bond donors (Lipinski definition) is 0. The Hall–Kier alpha value is -6.47. The number of fused-ring (bicyclic) bond motifs is 6. The zero-order valence-electron chi connectivity index (χ0n) is 27.3. The summed E-state index contributed by atoms with van der Waals surface area (Å²) in [6.45, 7) is 2.12. The molecule has 0 aliphatic rings. The van der Waals surface area contributed by atoms with Crippen molar-refractivity contribution in [2.24, 2.45) is 0 Å². The molecule has 0 unspecified atom stereocenters. The van der Waals surface area contributed by atoms with Crippen molar-refractivity contribution in [3.63, 3.8) is 0 Å². The van der Waals surface area contributed by atoms with Gasteiger partial charge in [-0.05, 0) is 71.8 Å². The van der Waals surface area contributed by atoms with Crippen LogP contribution in [-0.4, -0.2) is 38.3 Å². The van der Waals surface area contributed by atoms with Crippen molar-refractivity contribution < 1.29 is 9.47 Å². The average Bonchev–Trinajstić information content (AvgIpc) is 3.66. The van der Waals surface area contributed by atoms with E-state index < -0.39 is 0 Å². The van der Waals surface area contributed by atoms with E-state index in [0.29, 0.717) is 17.6 Å². The molecule has 49 heavy (non-hydrogen) atoms. The summed E-state index contributed by atoms with van der Waals surface area (Å²) in [6.07, 6.45) is 0. The van der Waals surface area contributed by atoms with Crippen molar-refractivity contribution in [2.75, 3.05) is 14.2 Å². The third-order valence-electron chi connectivity index (χ3n) is 9.22. The van der Waals surface area contributed by atoms with Crippen LogP contribution in [0.2, 0.25) is 0 Å². The van der Waals surface area contributed by atoms with Crippen molar-refractivity contribution >= 4 is 43.6 Å². The fourth-order valence-corrected chi connectivity index (χ4v) is 6.97. The van der Waals surface area contributed by atoms with Crippen molar-refractivity contribution in [3.8, 4) is 45.9 Å². The molecule has 236 valence electrons. The van der Waals surface area contributed by atoms with E-state index in [1.54, 1.807) is 14.2 Å². The van der Waals surface area contributed by atoms with E-state index in [2.05, 4.69) is 107 Å². The molecule has 0 atom stereocenters. The molecule has 6 aromatic carbocycles. The maximum Gasteiger partial charge on any atom is 0.239 e. The zero-order chi connectivity index (χ0) is 33.1. The molecule has 9 aromatic rings. The third kappa shape index (κ3) is 4.62. The Kier molecular flexibility index (Phi) is 6.65. The minimum atomic E-state index is 0.519. The fourth-order valence-electron chi connectivity index (χ4n) is 6.97. The van der Waals surface area contributed by atoms with Crippen LogP contribution in [0.15, 0.2) is 133 Å². The second kappa shape index (κ2) is 11.3. The van der Waals surface area contributed by atoms with Gasteiger partial charge in [0.15, 0.2) is 11.6 Å². The molecule has 3 heterocycles. The molecule has 7 nitrogen and oxygen atoms in total. The number of rotatable bonds is 6. The number of aryl methyl sites for hydroxylation is 1. The smallest absolute Gasteiger partial charge is 0.239 e. The summed E-state index contributed by atoms with van der Waals surface area (Å²) in [4.78, 5) is 15.6. The van der Waals surface area contributed by atoms with Crippen LogP contribution in [0.1, 0.15) is 5.56 Å². The summed E-state index contributed by atoms with van der Waals surface area (Å²) in [7, 11) is 3.40. The summed E-state index contributed by atoms with van der Waals surface area (Å²) < 4.78 is 16.0. The van der Waals surface area contributed by atoms with Crippen molar-refractivity contribution in [1.82, 2.24) is 24.1 Å². The SMILES string of the molecule is COc1ccc2c(c1)c1c3cc(OC)ccc3n(-c3nc(-c4ccccc4)nc(-c4cccc5ccccc45)n3)c1n2-c1cccc(C)c1. The highest BCUT2D eigenvalue weighted by Crippen LogP contribution is 2.43. The number of nitrogens with zero attached hydrogens (tertiary/aromatic N) is 5. The van der Waals surface area contributed by atoms with Gasteiger partial charge in [0, 0.05) is 33.0 Å². The van der Waals surface area contributed by atoms with Gasteiger partial charge in [-0.1, -0.05) is 84.9 Å². The van der Waals surface area contributed by atoms with E-state index in [9.17, 15) is 0 Å². The first kappa shape index (κ1) is 28.7. The summed E-state index contributed by atoms with van der Waals surface area (Å²) >= 11 is 0. The van der Waals surface area contributed by atoms with E-state index in [4.69, 9.17) is 24.4 Å². The standard InChI is InChI=1S/C42H31N5O2/c1-26-11-9-16-29(23-26)46-36-21-19-30(48-2)24-34(36)38-35-25-31(49-3)20-22-37(35)47(41(38)46)42-44-39(28-13-5-4-6-14-28)43-40(45-42)33-18-10-15-27-12-7-8-17-32(27)33/h4-25H,1-3H3. The molecular weight excluding hydrogens is 606 g/mol. The Morgan fingerprint density at radius 2 is 1.18 bits per heavy atom. The molecule has 0 N–H and O–H groups in total. The largest absolute Gasteiger partial charge is 0.497 e. The van der Waals surface area contributed by atoms with Gasteiger partial charge < -0.3 is 9.47 Å². The molecular formula is C42H31N5O2. The number of methoxy groups -OCH3 is 2. The molecule has 0 aliphatic carbocycles. The van der Waals surface area contributed by atoms with Crippen LogP contribution in [-0.2, 0) is 0 Å². The Morgan fingerprint density at radius 1 is 0.531 bits per heavy atom. The van der Waals surface area contributed by atoms with Crippen LogP contribution in [0.25, 0.3) is 78.0 Å². The predicted molar refractivity (Wildman–Crippen MR) is 197 cm³/mol. The zero-order valence-corrected chi connectivity index (χ0v) is 27.3. The molecule has 9 rings (SSSR count). The number of hydrogen-bond acceptors (Lipinski definition) is 5. The van der Waals surface area contributed by atoms with E-state index in [1.165, 1.54) is 0 Å². The first-order valence-electron chi connectivity index (χ1n) is 16.2. The van der Waals surface area contributed by atoms with Crippen LogP contribution in [0, 0.1) is 6.92 Å². The van der Waals surface area contributed by atoms with Gasteiger partial charge in [-0.15, -0.1) is 0 Å². The highest BCUT2D eigenvalue weighted by atomic mass is 16.5. The minimum Gasteiger partial charge on any atom is -0.497 e. The number of benzene rings is 6. The van der Waals surface area contributed by atoms with Crippen LogP contribution < -0.4 is 9.47 Å². The third-order valence-corrected chi connectivity index (χ3v) is 9.22. The Morgan fingerprint density at radius 3 is 1.92 bits per heavy atom. The van der Waals surface area contributed by atoms with Crippen LogP contribution in [0.5, 0.6) is 11.5 Å². The van der Waals surface area contributed by atoms with Gasteiger partial charge in [0.2, 0.25) is 5.95 Å². The van der Waals surface area contributed by atoms with Crippen LogP contribution in [0.3, 0.4) is 0 Å². The molecule has 0 bridgehead atoms. The maximum absolute atomic E-state index is 5.76. The minimum absolute atomic E-state index is 0.519. The van der Waals surface area contributed by atoms with Gasteiger partial charge in [-0.3, -0.25) is 9.13 Å². The predicted octanol–water partition coefficient (Wildman–Crippen LogP) is 9.73. The van der Waals surface area contributed by atoms with Gasteiger partial charge >= 0.3 is 0 Å². The van der Waals surface area contributed by atoms with Crippen LogP contribution >= 0.6 is 0 Å². The van der Waals surface area contributed by atoms with E-state index >= 15 is 0 Å². The normalized spacial score (nSPS) is 11.6. The number of aromatic nitrogens is 5. The summed E-state index contributed by atoms with van der Waals surface area (Å²) in [5, 5.41) is 5.33. The average molecular weight is 638 g/mol. The topological polar surface area (TPSA) is 67.0 Å². The van der Waals surface area contributed by atoms with Crippen LogP contribution in [0.4, 0.5) is 0 Å². The van der Waals surface area contributed by atoms with Crippen molar-refractivity contribution in [1.29, 1.82) is 0 Å². The second-order valence-corrected chi connectivity index (χ2v) is 12.1. The van der Waals surface area contributed by atoms with Gasteiger partial charge in [-0.2, -0.15) is 9.97 Å². The lowest BCUT2D eigenvalue weighted by molar-refractivity contribution is 0.415. The van der Waals surface area contributed by atoms with Gasteiger partial charge in [0.1, 0.15) is 17.1 Å². The first-order chi connectivity index (χ1) is 24.1. The van der Waals surface area contributed by atoms with Crippen molar-refractivity contribution in [3.05, 3.63) is 139 Å². The van der Waals surface area contributed by atoms with E-state index in [-0.39, 0.29) is 0 Å². The lowest BCUT2D eigenvalue weighted by atomic mass is 10.0. The lowest BCUT2D eigenvalue weighted by Gasteiger charge is -2.14. The van der Waals surface area contributed by atoms with Gasteiger partial charge in [0.25, 0.3) is 0 Å². The summed E-state index contributed by atoms with van der Waals surface area (Å²) in [5.41, 5.74) is 6.98. The number of ether oxygens (including phenoxy) is 2. The molecule has 0 aliphatic heterocycles. The molecule has 7 heteroatoms. The van der Waals surface area contributed by atoms with E-state index in [0.717, 1.165) is 77.5 Å². The molecule has 3 aromatic heterocycles. The fraction of sp³-hybridized carbons (Fsp3) is 0.0714. The first-order valence-corrected chi connectivity index (χ1v) is 16.2. The molecule has 0 amide bonds. The highest BCUT2D eigenvalue weighted by Gasteiger charge is 2.25. The molecule has 0 saturated heterocycles. The van der Waals surface area contributed by atoms with Gasteiger partial charge in [0.05, 0.1) is 25.3 Å². The molecule has 0 spiro atoms. The summed E-state index contributed by atoms with van der Waals surface area (Å²) in [6, 6.07) is 45.7. The molecule has 0 fully saturated rings. The quantitative estimate of drug-likeness (QED) is 0.182. The van der Waals surface area contributed by atoms with Crippen molar-refractivity contribution in [2.45, 2.75) is 6.92 Å². The van der Waals surface area contributed by atoms with Gasteiger partial charge in [-0.25, -0.2) is 4.98 Å². The van der Waals surface area contributed by atoms with E-state index in [1.807, 2.05) is 42.5 Å². The Balaban J connectivity index is 1.46. The molecule has 0 saturated carbocycles. The highest BCUT2D eigenvalue weighted by molar-refractivity contribution is 6.22. The Labute approximate surface area is 282 Å². The summed E-state index contributed by atoms with van der Waals surface area (Å²) in [5.74, 6) is 3.26. The monoisotopic (exact) mass is 637 g/mol.